The number of rotatable bonds is 8. The van der Waals surface area contributed by atoms with Gasteiger partial charge in [0.2, 0.25) is 10.0 Å². The van der Waals surface area contributed by atoms with E-state index in [0.29, 0.717) is 16.8 Å². The summed E-state index contributed by atoms with van der Waals surface area (Å²) < 4.78 is 28.6. The number of fused-ring (bicyclic) bond motifs is 1. The van der Waals surface area contributed by atoms with Gasteiger partial charge in [0.05, 0.1) is 22.8 Å². The zero-order chi connectivity index (χ0) is 24.9. The summed E-state index contributed by atoms with van der Waals surface area (Å²) in [6, 6.07) is 14.8. The van der Waals surface area contributed by atoms with E-state index in [9.17, 15) is 8.42 Å². The van der Waals surface area contributed by atoms with Crippen LogP contribution in [0.25, 0.3) is 22.0 Å². The van der Waals surface area contributed by atoms with Gasteiger partial charge in [0, 0.05) is 28.7 Å². The normalized spacial score (nSPS) is 16.0. The molecule has 0 radical (unpaired) electrons. The van der Waals surface area contributed by atoms with Crippen molar-refractivity contribution in [3.63, 3.8) is 0 Å². The summed E-state index contributed by atoms with van der Waals surface area (Å²) in [4.78, 5) is 13.4. The van der Waals surface area contributed by atoms with Crippen LogP contribution in [-0.2, 0) is 16.6 Å². The van der Waals surface area contributed by atoms with E-state index in [0.717, 1.165) is 53.5 Å². The molecule has 7 nitrogen and oxygen atoms in total. The Morgan fingerprint density at radius 2 is 1.72 bits per heavy atom. The summed E-state index contributed by atoms with van der Waals surface area (Å²) in [6.07, 6.45) is 7.22. The van der Waals surface area contributed by atoms with Crippen LogP contribution in [0.3, 0.4) is 0 Å². The lowest BCUT2D eigenvalue weighted by Crippen LogP contribution is -2.33. The van der Waals surface area contributed by atoms with Gasteiger partial charge in [0.25, 0.3) is 0 Å². The molecule has 2 heterocycles. The van der Waals surface area contributed by atoms with Gasteiger partial charge in [-0.15, -0.1) is 0 Å². The fourth-order valence-electron chi connectivity index (χ4n) is 4.26. The molecule has 10 heteroatoms. The molecule has 0 atom stereocenters. The molecule has 2 fully saturated rings. The fraction of sp³-hybridized carbons (Fsp3) is 0.269. The highest BCUT2D eigenvalue weighted by atomic mass is 35.5. The van der Waals surface area contributed by atoms with Crippen LogP contribution < -0.4 is 5.32 Å². The van der Waals surface area contributed by atoms with Gasteiger partial charge in [-0.25, -0.2) is 18.4 Å². The Bertz CT molecular complexity index is 1570. The van der Waals surface area contributed by atoms with Crippen molar-refractivity contribution >= 4 is 49.9 Å². The monoisotopic (exact) mass is 539 g/mol. The lowest BCUT2D eigenvalue weighted by Gasteiger charge is -2.22. The van der Waals surface area contributed by atoms with Crippen molar-refractivity contribution in [2.24, 2.45) is 0 Å². The molecular formula is C26H23Cl2N5O2S. The largest absolute Gasteiger partial charge is 0.367 e. The fourth-order valence-corrected chi connectivity index (χ4v) is 6.66. The molecule has 2 aliphatic carbocycles. The lowest BCUT2D eigenvalue weighted by atomic mass is 10.0. The zero-order valence-corrected chi connectivity index (χ0v) is 21.6. The van der Waals surface area contributed by atoms with E-state index in [1.165, 1.54) is 16.4 Å². The molecule has 0 unspecified atom stereocenters. The first-order valence-corrected chi connectivity index (χ1v) is 14.0. The maximum Gasteiger partial charge on any atom is 0.245 e. The van der Waals surface area contributed by atoms with Gasteiger partial charge in [0.1, 0.15) is 17.0 Å². The Hall–Kier alpha value is -2.78. The summed E-state index contributed by atoms with van der Waals surface area (Å²) in [5.74, 6) is 0.837. The summed E-state index contributed by atoms with van der Waals surface area (Å²) in [5.41, 5.74) is 3.47. The smallest absolute Gasteiger partial charge is 0.245 e. The number of hydrogen-bond acceptors (Lipinski definition) is 6. The SMILES string of the molecule is O=S(=O)(c1ccc(Cl)cc1Cl)N(Cc1cc(-c2ccc3ncnc(NC4CC4)c3c2)ccn1)C1CC1. The van der Waals surface area contributed by atoms with E-state index in [2.05, 4.69) is 26.3 Å². The molecule has 1 N–H and O–H groups in total. The Morgan fingerprint density at radius 3 is 2.47 bits per heavy atom. The molecular weight excluding hydrogens is 517 g/mol. The number of hydrogen-bond donors (Lipinski definition) is 1. The van der Waals surface area contributed by atoms with Crippen molar-refractivity contribution in [3.05, 3.63) is 76.8 Å². The summed E-state index contributed by atoms with van der Waals surface area (Å²) in [6.45, 7) is 0.158. The maximum atomic E-state index is 13.5. The molecule has 2 aromatic carbocycles. The third-order valence-electron chi connectivity index (χ3n) is 6.46. The first-order valence-electron chi connectivity index (χ1n) is 11.8. The standard InChI is InChI=1S/C26H23Cl2N5O2S/c27-18-2-8-25(23(28)13-18)36(34,35)33(21-5-6-21)14-20-11-17(9-10-29-20)16-1-7-24-22(12-16)26(31-15-30-24)32-19-3-4-19/h1-2,7-13,15,19,21H,3-6,14H2,(H,30,31,32). The molecule has 184 valence electrons. The Morgan fingerprint density at radius 1 is 0.917 bits per heavy atom. The van der Waals surface area contributed by atoms with Crippen molar-refractivity contribution in [1.29, 1.82) is 0 Å². The number of aromatic nitrogens is 3. The third kappa shape index (κ3) is 4.78. The van der Waals surface area contributed by atoms with Crippen molar-refractivity contribution < 1.29 is 8.42 Å². The number of nitrogens with one attached hydrogen (secondary N) is 1. The van der Waals surface area contributed by atoms with Gasteiger partial charge >= 0.3 is 0 Å². The van der Waals surface area contributed by atoms with E-state index in [1.807, 2.05) is 24.3 Å². The van der Waals surface area contributed by atoms with Gasteiger partial charge in [-0.1, -0.05) is 29.3 Å². The second-order valence-electron chi connectivity index (χ2n) is 9.26. The maximum absolute atomic E-state index is 13.5. The Kier molecular flexibility index (Phi) is 6.08. The van der Waals surface area contributed by atoms with E-state index < -0.39 is 10.0 Å². The molecule has 2 aromatic heterocycles. The van der Waals surface area contributed by atoms with E-state index in [1.54, 1.807) is 18.6 Å². The van der Waals surface area contributed by atoms with Gasteiger partial charge in [-0.2, -0.15) is 4.31 Å². The molecule has 2 aliphatic rings. The molecule has 0 aliphatic heterocycles. The highest BCUT2D eigenvalue weighted by molar-refractivity contribution is 7.89. The molecule has 6 rings (SSSR count). The van der Waals surface area contributed by atoms with Crippen molar-refractivity contribution in [2.75, 3.05) is 5.32 Å². The lowest BCUT2D eigenvalue weighted by molar-refractivity contribution is 0.394. The average Bonchev–Trinajstić information content (AvgIpc) is 3.78. The van der Waals surface area contributed by atoms with Crippen LogP contribution in [-0.4, -0.2) is 39.8 Å². The van der Waals surface area contributed by atoms with Crippen molar-refractivity contribution in [2.45, 2.75) is 49.2 Å². The van der Waals surface area contributed by atoms with Gasteiger partial charge in [-0.05, 0) is 79.3 Å². The molecule has 0 bridgehead atoms. The minimum absolute atomic E-state index is 0.0573. The third-order valence-corrected chi connectivity index (χ3v) is 9.07. The van der Waals surface area contributed by atoms with E-state index >= 15 is 0 Å². The molecule has 2 saturated carbocycles. The quantitative estimate of drug-likeness (QED) is 0.298. The second-order valence-corrected chi connectivity index (χ2v) is 12.0. The number of halogens is 2. The molecule has 4 aromatic rings. The average molecular weight is 540 g/mol. The Labute approximate surface area is 219 Å². The van der Waals surface area contributed by atoms with Crippen molar-refractivity contribution in [3.8, 4) is 11.1 Å². The number of sulfonamides is 1. The zero-order valence-electron chi connectivity index (χ0n) is 19.2. The molecule has 0 saturated heterocycles. The number of pyridine rings is 1. The minimum atomic E-state index is -3.82. The van der Waals surface area contributed by atoms with Crippen LogP contribution >= 0.6 is 23.2 Å². The predicted octanol–water partition coefficient (Wildman–Crippen LogP) is 5.93. The minimum Gasteiger partial charge on any atom is -0.367 e. The number of benzene rings is 2. The van der Waals surface area contributed by atoms with Crippen LogP contribution in [0.4, 0.5) is 5.82 Å². The summed E-state index contributed by atoms with van der Waals surface area (Å²) in [5, 5.41) is 4.94. The van der Waals surface area contributed by atoms with Crippen molar-refractivity contribution in [1.82, 2.24) is 19.3 Å². The topological polar surface area (TPSA) is 88.1 Å². The Balaban J connectivity index is 1.32. The van der Waals surface area contributed by atoms with Gasteiger partial charge in [0.15, 0.2) is 0 Å². The van der Waals surface area contributed by atoms with Crippen LogP contribution in [0, 0.1) is 0 Å². The molecule has 0 amide bonds. The van der Waals surface area contributed by atoms with Gasteiger partial charge in [-0.3, -0.25) is 4.98 Å². The predicted molar refractivity (Wildman–Crippen MR) is 142 cm³/mol. The summed E-state index contributed by atoms with van der Waals surface area (Å²) in [7, 11) is -3.82. The first kappa shape index (κ1) is 23.6. The van der Waals surface area contributed by atoms with Crippen LogP contribution in [0.2, 0.25) is 10.0 Å². The first-order chi connectivity index (χ1) is 17.4. The van der Waals surface area contributed by atoms with Gasteiger partial charge < -0.3 is 5.32 Å². The number of anilines is 1. The molecule has 0 spiro atoms. The summed E-state index contributed by atoms with van der Waals surface area (Å²) >= 11 is 12.3. The molecule has 36 heavy (non-hydrogen) atoms. The van der Waals surface area contributed by atoms with Crippen LogP contribution in [0.15, 0.2) is 66.0 Å². The van der Waals surface area contributed by atoms with E-state index in [4.69, 9.17) is 23.2 Å². The second kappa shape index (κ2) is 9.27. The highest BCUT2D eigenvalue weighted by Gasteiger charge is 2.39. The van der Waals surface area contributed by atoms with Crippen LogP contribution in [0.1, 0.15) is 31.4 Å². The van der Waals surface area contributed by atoms with E-state index in [-0.39, 0.29) is 22.5 Å². The number of nitrogens with zero attached hydrogens (tertiary/aromatic N) is 4. The highest BCUT2D eigenvalue weighted by Crippen LogP contribution is 2.37. The van der Waals surface area contributed by atoms with Crippen LogP contribution in [0.5, 0.6) is 0 Å².